The summed E-state index contributed by atoms with van der Waals surface area (Å²) in [7, 11) is 3.49. The zero-order valence-corrected chi connectivity index (χ0v) is 8.15. The molecule has 0 amide bonds. The van der Waals surface area contributed by atoms with Crippen molar-refractivity contribution < 1.29 is 9.53 Å². The number of benzene rings is 1. The number of aldehydes is 1. The molecule has 2 aromatic rings. The highest BCUT2D eigenvalue weighted by molar-refractivity contribution is 5.92. The van der Waals surface area contributed by atoms with E-state index >= 15 is 0 Å². The number of nitrogens with zero attached hydrogens (tertiary/aromatic N) is 1. The van der Waals surface area contributed by atoms with Crippen LogP contribution >= 0.6 is 0 Å². The molecule has 0 radical (unpaired) electrons. The van der Waals surface area contributed by atoms with Gasteiger partial charge in [-0.3, -0.25) is 4.79 Å². The van der Waals surface area contributed by atoms with Gasteiger partial charge >= 0.3 is 0 Å². The van der Waals surface area contributed by atoms with E-state index < -0.39 is 0 Å². The van der Waals surface area contributed by atoms with Crippen molar-refractivity contribution >= 4 is 17.2 Å². The molecule has 0 aliphatic carbocycles. The number of aryl methyl sites for hydroxylation is 1. The van der Waals surface area contributed by atoms with Crippen molar-refractivity contribution in [2.75, 3.05) is 7.11 Å². The molecule has 1 aromatic carbocycles. The van der Waals surface area contributed by atoms with E-state index in [2.05, 4.69) is 0 Å². The molecule has 0 saturated carbocycles. The van der Waals surface area contributed by atoms with Crippen LogP contribution < -0.4 is 4.74 Å². The summed E-state index contributed by atoms with van der Waals surface area (Å²) in [5.74, 6) is 0.797. The maximum atomic E-state index is 10.7. The molecule has 72 valence electrons. The summed E-state index contributed by atoms with van der Waals surface area (Å²) in [6.07, 6.45) is 0.847. The van der Waals surface area contributed by atoms with E-state index in [9.17, 15) is 4.79 Å². The minimum Gasteiger partial charge on any atom is -0.496 e. The van der Waals surface area contributed by atoms with Gasteiger partial charge in [-0.15, -0.1) is 0 Å². The van der Waals surface area contributed by atoms with Crippen molar-refractivity contribution in [1.82, 2.24) is 4.57 Å². The third kappa shape index (κ3) is 1.09. The lowest BCUT2D eigenvalue weighted by Crippen LogP contribution is -1.92. The summed E-state index contributed by atoms with van der Waals surface area (Å²) in [6.45, 7) is 0. The Labute approximate surface area is 81.9 Å². The van der Waals surface area contributed by atoms with E-state index in [-0.39, 0.29) is 0 Å². The van der Waals surface area contributed by atoms with Gasteiger partial charge in [-0.2, -0.15) is 0 Å². The molecule has 2 rings (SSSR count). The van der Waals surface area contributed by atoms with Crippen LogP contribution in [0.4, 0.5) is 0 Å². The molecule has 1 aromatic heterocycles. The molecule has 1 heterocycles. The molecule has 3 nitrogen and oxygen atoms in total. The van der Waals surface area contributed by atoms with E-state index in [4.69, 9.17) is 4.74 Å². The minimum atomic E-state index is 0.657. The van der Waals surface area contributed by atoms with Crippen molar-refractivity contribution in [1.29, 1.82) is 0 Å². The largest absolute Gasteiger partial charge is 0.496 e. The fourth-order valence-corrected chi connectivity index (χ4v) is 1.64. The van der Waals surface area contributed by atoms with E-state index in [0.29, 0.717) is 5.69 Å². The summed E-state index contributed by atoms with van der Waals surface area (Å²) in [6, 6.07) is 7.60. The Hall–Kier alpha value is -1.77. The van der Waals surface area contributed by atoms with Crippen LogP contribution in [0.5, 0.6) is 5.75 Å². The maximum Gasteiger partial charge on any atom is 0.166 e. The highest BCUT2D eigenvalue weighted by Gasteiger charge is 2.07. The molecular weight excluding hydrogens is 178 g/mol. The molecular formula is C11H11NO2. The third-order valence-electron chi connectivity index (χ3n) is 2.42. The van der Waals surface area contributed by atoms with Crippen LogP contribution in [0.25, 0.3) is 10.9 Å². The first-order chi connectivity index (χ1) is 6.77. The van der Waals surface area contributed by atoms with Crippen LogP contribution in [-0.2, 0) is 7.05 Å². The monoisotopic (exact) mass is 189 g/mol. The standard InChI is InChI=1S/C11H11NO2/c1-12-8(7-13)6-9-10(12)4-3-5-11(9)14-2/h3-7H,1-2H3. The minimum absolute atomic E-state index is 0.657. The molecule has 0 aliphatic heterocycles. The Morgan fingerprint density at radius 1 is 1.43 bits per heavy atom. The summed E-state index contributed by atoms with van der Waals surface area (Å²) >= 11 is 0. The van der Waals surface area contributed by atoms with Crippen LogP contribution in [0.1, 0.15) is 10.5 Å². The molecule has 3 heteroatoms. The summed E-state index contributed by atoms with van der Waals surface area (Å²) < 4.78 is 7.06. The van der Waals surface area contributed by atoms with Gasteiger partial charge < -0.3 is 9.30 Å². The summed E-state index contributed by atoms with van der Waals surface area (Å²) in [4.78, 5) is 10.7. The van der Waals surface area contributed by atoms with Crippen LogP contribution in [0.15, 0.2) is 24.3 Å². The van der Waals surface area contributed by atoms with E-state index in [1.807, 2.05) is 35.9 Å². The van der Waals surface area contributed by atoms with Crippen molar-refractivity contribution in [3.05, 3.63) is 30.0 Å². The third-order valence-corrected chi connectivity index (χ3v) is 2.42. The lowest BCUT2D eigenvalue weighted by molar-refractivity contribution is 0.111. The fraction of sp³-hybridized carbons (Fsp3) is 0.182. The zero-order chi connectivity index (χ0) is 10.1. The van der Waals surface area contributed by atoms with Gasteiger partial charge in [-0.25, -0.2) is 0 Å². The van der Waals surface area contributed by atoms with Crippen molar-refractivity contribution in [3.8, 4) is 5.75 Å². The second kappa shape index (κ2) is 3.18. The van der Waals surface area contributed by atoms with Gasteiger partial charge in [0.05, 0.1) is 18.3 Å². The Morgan fingerprint density at radius 3 is 2.86 bits per heavy atom. The van der Waals surface area contributed by atoms with Gasteiger partial charge in [0.1, 0.15) is 5.75 Å². The molecule has 0 unspecified atom stereocenters. The number of carbonyl (C=O) groups is 1. The number of fused-ring (bicyclic) bond motifs is 1. The molecule has 14 heavy (non-hydrogen) atoms. The van der Waals surface area contributed by atoms with Crippen LogP contribution in [0.2, 0.25) is 0 Å². The predicted molar refractivity (Wildman–Crippen MR) is 54.9 cm³/mol. The lowest BCUT2D eigenvalue weighted by Gasteiger charge is -2.01. The molecule has 0 saturated heterocycles. The summed E-state index contributed by atoms with van der Waals surface area (Å²) in [5.41, 5.74) is 1.66. The van der Waals surface area contributed by atoms with Gasteiger partial charge in [-0.05, 0) is 18.2 Å². The van der Waals surface area contributed by atoms with E-state index in [1.165, 1.54) is 0 Å². The first kappa shape index (κ1) is 8.81. The topological polar surface area (TPSA) is 31.2 Å². The Bertz CT molecular complexity index is 485. The number of hydrogen-bond acceptors (Lipinski definition) is 2. The van der Waals surface area contributed by atoms with E-state index in [0.717, 1.165) is 22.9 Å². The van der Waals surface area contributed by atoms with Gasteiger partial charge in [0.15, 0.2) is 6.29 Å². The molecule has 0 aliphatic rings. The van der Waals surface area contributed by atoms with E-state index in [1.54, 1.807) is 7.11 Å². The van der Waals surface area contributed by atoms with Crippen molar-refractivity contribution in [3.63, 3.8) is 0 Å². The second-order valence-corrected chi connectivity index (χ2v) is 3.14. The van der Waals surface area contributed by atoms with Crippen molar-refractivity contribution in [2.24, 2.45) is 7.05 Å². The molecule has 0 fully saturated rings. The zero-order valence-electron chi connectivity index (χ0n) is 8.15. The first-order valence-electron chi connectivity index (χ1n) is 4.35. The van der Waals surface area contributed by atoms with Gasteiger partial charge in [0.2, 0.25) is 0 Å². The highest BCUT2D eigenvalue weighted by atomic mass is 16.5. The molecule has 0 N–H and O–H groups in total. The predicted octanol–water partition coefficient (Wildman–Crippen LogP) is 2.00. The average Bonchev–Trinajstić information content (AvgIpc) is 2.55. The number of aromatic nitrogens is 1. The lowest BCUT2D eigenvalue weighted by atomic mass is 10.2. The SMILES string of the molecule is COc1cccc2c1cc(C=O)n2C. The molecule has 0 atom stereocenters. The van der Waals surface area contributed by atoms with Gasteiger partial charge in [-0.1, -0.05) is 6.07 Å². The van der Waals surface area contributed by atoms with Crippen LogP contribution in [0, 0.1) is 0 Å². The number of carbonyl (C=O) groups excluding carboxylic acids is 1. The fourth-order valence-electron chi connectivity index (χ4n) is 1.64. The molecule has 0 bridgehead atoms. The highest BCUT2D eigenvalue weighted by Crippen LogP contribution is 2.27. The first-order valence-corrected chi connectivity index (χ1v) is 4.35. The van der Waals surface area contributed by atoms with Crippen LogP contribution in [-0.4, -0.2) is 18.0 Å². The smallest absolute Gasteiger partial charge is 0.166 e. The van der Waals surface area contributed by atoms with Crippen LogP contribution in [0.3, 0.4) is 0 Å². The number of methoxy groups -OCH3 is 1. The maximum absolute atomic E-state index is 10.7. The number of hydrogen-bond donors (Lipinski definition) is 0. The summed E-state index contributed by atoms with van der Waals surface area (Å²) in [5, 5.41) is 0.972. The number of ether oxygens (including phenoxy) is 1. The average molecular weight is 189 g/mol. The van der Waals surface area contributed by atoms with Crippen molar-refractivity contribution in [2.45, 2.75) is 0 Å². The number of rotatable bonds is 2. The quantitative estimate of drug-likeness (QED) is 0.676. The van der Waals surface area contributed by atoms with Gasteiger partial charge in [0, 0.05) is 12.4 Å². The molecule has 0 spiro atoms. The Morgan fingerprint density at radius 2 is 2.21 bits per heavy atom. The second-order valence-electron chi connectivity index (χ2n) is 3.14. The normalized spacial score (nSPS) is 10.4. The van der Waals surface area contributed by atoms with Gasteiger partial charge in [0.25, 0.3) is 0 Å². The Balaban J connectivity index is 2.83. The Kier molecular flexibility index (Phi) is 2.00.